The highest BCUT2D eigenvalue weighted by Gasteiger charge is 2.10. The fourth-order valence-corrected chi connectivity index (χ4v) is 2.94. The Balaban J connectivity index is 1.55. The van der Waals surface area contributed by atoms with Crippen LogP contribution in [-0.4, -0.2) is 48.6 Å². The molecule has 0 unspecified atom stereocenters. The number of phenols is 1. The van der Waals surface area contributed by atoms with Crippen LogP contribution in [0, 0.1) is 0 Å². The van der Waals surface area contributed by atoms with Gasteiger partial charge in [0, 0.05) is 31.1 Å². The first-order valence-electron chi connectivity index (χ1n) is 9.61. The van der Waals surface area contributed by atoms with Crippen LogP contribution >= 0.6 is 0 Å². The largest absolute Gasteiger partial charge is 0.508 e. The Morgan fingerprint density at radius 1 is 1.14 bits per heavy atom. The summed E-state index contributed by atoms with van der Waals surface area (Å²) in [7, 11) is 1.95. The van der Waals surface area contributed by atoms with Gasteiger partial charge in [-0.15, -0.1) is 0 Å². The van der Waals surface area contributed by atoms with Gasteiger partial charge in [0.1, 0.15) is 17.1 Å². The number of furan rings is 1. The molecule has 3 N–H and O–H groups in total. The van der Waals surface area contributed by atoms with Crippen LogP contribution in [0.4, 0.5) is 0 Å². The van der Waals surface area contributed by atoms with Crippen molar-refractivity contribution in [3.63, 3.8) is 0 Å². The summed E-state index contributed by atoms with van der Waals surface area (Å²) >= 11 is 0. The van der Waals surface area contributed by atoms with Crippen molar-refractivity contribution in [1.82, 2.24) is 15.5 Å². The third kappa shape index (κ3) is 5.51. The maximum Gasteiger partial charge on any atom is 0.251 e. The number of aromatic hydroxyl groups is 1. The van der Waals surface area contributed by atoms with Crippen LogP contribution in [-0.2, 0) is 6.54 Å². The van der Waals surface area contributed by atoms with Crippen molar-refractivity contribution >= 4 is 22.8 Å². The summed E-state index contributed by atoms with van der Waals surface area (Å²) in [6, 6.07) is 16.1. The molecule has 1 amide bonds. The van der Waals surface area contributed by atoms with Gasteiger partial charge in [0.2, 0.25) is 0 Å². The molecule has 0 saturated carbocycles. The second-order valence-corrected chi connectivity index (χ2v) is 6.65. The number of benzene rings is 2. The van der Waals surface area contributed by atoms with Crippen molar-refractivity contribution in [2.24, 2.45) is 4.99 Å². The SMILES string of the molecule is CCNC(=NCCNC(=O)c1ccc(O)cc1)N(C)Cc1cc2ccccc2o1. The molecule has 0 spiro atoms. The number of para-hydroxylation sites is 1. The van der Waals surface area contributed by atoms with Crippen LogP contribution in [0.15, 0.2) is 64.0 Å². The van der Waals surface area contributed by atoms with Crippen molar-refractivity contribution in [2.75, 3.05) is 26.7 Å². The van der Waals surface area contributed by atoms with Gasteiger partial charge in [0.15, 0.2) is 5.96 Å². The molecular weight excluding hydrogens is 368 g/mol. The highest BCUT2D eigenvalue weighted by molar-refractivity contribution is 5.94. The Kier molecular flexibility index (Phi) is 6.73. The number of carbonyl (C=O) groups excluding carboxylic acids is 1. The lowest BCUT2D eigenvalue weighted by atomic mass is 10.2. The molecule has 7 heteroatoms. The molecule has 1 heterocycles. The highest BCUT2D eigenvalue weighted by atomic mass is 16.3. The third-order valence-corrected chi connectivity index (χ3v) is 4.35. The van der Waals surface area contributed by atoms with E-state index in [0.717, 1.165) is 29.2 Å². The predicted octanol–water partition coefficient (Wildman–Crippen LogP) is 2.97. The zero-order chi connectivity index (χ0) is 20.6. The number of hydrogen-bond acceptors (Lipinski definition) is 4. The van der Waals surface area contributed by atoms with Crippen LogP contribution in [0.3, 0.4) is 0 Å². The minimum atomic E-state index is -0.194. The molecule has 29 heavy (non-hydrogen) atoms. The number of carbonyl (C=O) groups is 1. The Hall–Kier alpha value is -3.48. The number of fused-ring (bicyclic) bond motifs is 1. The topological polar surface area (TPSA) is 90.1 Å². The molecule has 3 aromatic rings. The molecule has 0 atom stereocenters. The van der Waals surface area contributed by atoms with E-state index in [-0.39, 0.29) is 11.7 Å². The molecule has 0 aliphatic heterocycles. The molecule has 1 aromatic heterocycles. The standard InChI is InChI=1S/C22H26N4O3/c1-3-23-22(25-13-12-24-21(28)16-8-10-18(27)11-9-16)26(2)15-19-14-17-6-4-5-7-20(17)29-19/h4-11,14,27H,3,12-13,15H2,1-2H3,(H,23,25)(H,24,28). The van der Waals surface area contributed by atoms with E-state index in [2.05, 4.69) is 15.6 Å². The fraction of sp³-hybridized carbons (Fsp3) is 0.273. The number of guanidine groups is 1. The summed E-state index contributed by atoms with van der Waals surface area (Å²) in [6.07, 6.45) is 0. The smallest absolute Gasteiger partial charge is 0.251 e. The van der Waals surface area contributed by atoms with E-state index < -0.39 is 0 Å². The lowest BCUT2D eigenvalue weighted by molar-refractivity contribution is 0.0955. The van der Waals surface area contributed by atoms with Gasteiger partial charge < -0.3 is 25.1 Å². The van der Waals surface area contributed by atoms with Gasteiger partial charge in [-0.05, 0) is 43.3 Å². The first-order chi connectivity index (χ1) is 14.1. The molecule has 0 aliphatic rings. The normalized spacial score (nSPS) is 11.4. The maximum absolute atomic E-state index is 12.1. The highest BCUT2D eigenvalue weighted by Crippen LogP contribution is 2.19. The van der Waals surface area contributed by atoms with Crippen molar-refractivity contribution < 1.29 is 14.3 Å². The van der Waals surface area contributed by atoms with Crippen LogP contribution in [0.5, 0.6) is 5.75 Å². The number of nitrogens with zero attached hydrogens (tertiary/aromatic N) is 2. The van der Waals surface area contributed by atoms with Gasteiger partial charge in [-0.25, -0.2) is 0 Å². The Bertz CT molecular complexity index is 946. The Morgan fingerprint density at radius 3 is 2.62 bits per heavy atom. The summed E-state index contributed by atoms with van der Waals surface area (Å²) < 4.78 is 5.88. The van der Waals surface area contributed by atoms with E-state index in [1.807, 2.05) is 49.2 Å². The Labute approximate surface area is 170 Å². The summed E-state index contributed by atoms with van der Waals surface area (Å²) in [5, 5.41) is 16.5. The fourth-order valence-electron chi connectivity index (χ4n) is 2.94. The van der Waals surface area contributed by atoms with Crippen molar-refractivity contribution in [2.45, 2.75) is 13.5 Å². The van der Waals surface area contributed by atoms with Crippen molar-refractivity contribution in [1.29, 1.82) is 0 Å². The van der Waals surface area contributed by atoms with Crippen LogP contribution < -0.4 is 10.6 Å². The molecule has 0 aliphatic carbocycles. The predicted molar refractivity (Wildman–Crippen MR) is 114 cm³/mol. The maximum atomic E-state index is 12.1. The minimum absolute atomic E-state index is 0.133. The first-order valence-corrected chi connectivity index (χ1v) is 9.61. The van der Waals surface area contributed by atoms with E-state index in [4.69, 9.17) is 4.42 Å². The number of aliphatic imine (C=N–C) groups is 1. The number of rotatable bonds is 7. The van der Waals surface area contributed by atoms with E-state index in [1.165, 1.54) is 12.1 Å². The van der Waals surface area contributed by atoms with E-state index in [9.17, 15) is 9.90 Å². The van der Waals surface area contributed by atoms with Gasteiger partial charge in [-0.2, -0.15) is 0 Å². The molecule has 0 radical (unpaired) electrons. The second-order valence-electron chi connectivity index (χ2n) is 6.65. The van der Waals surface area contributed by atoms with Gasteiger partial charge in [-0.1, -0.05) is 18.2 Å². The summed E-state index contributed by atoms with van der Waals surface area (Å²) in [5.74, 6) is 1.54. The summed E-state index contributed by atoms with van der Waals surface area (Å²) in [6.45, 7) is 4.18. The Morgan fingerprint density at radius 2 is 1.90 bits per heavy atom. The molecule has 0 bridgehead atoms. The zero-order valence-electron chi connectivity index (χ0n) is 16.7. The van der Waals surface area contributed by atoms with Crippen LogP contribution in [0.2, 0.25) is 0 Å². The molecule has 0 saturated heterocycles. The van der Waals surface area contributed by atoms with E-state index >= 15 is 0 Å². The average molecular weight is 394 g/mol. The average Bonchev–Trinajstić information content (AvgIpc) is 3.12. The van der Waals surface area contributed by atoms with Gasteiger partial charge in [-0.3, -0.25) is 9.79 Å². The van der Waals surface area contributed by atoms with E-state index in [1.54, 1.807) is 12.1 Å². The number of phenolic OH excluding ortho intramolecular Hbond substituents is 1. The van der Waals surface area contributed by atoms with E-state index in [0.29, 0.717) is 25.2 Å². The summed E-state index contributed by atoms with van der Waals surface area (Å²) in [4.78, 5) is 18.7. The molecule has 7 nitrogen and oxygen atoms in total. The first kappa shape index (κ1) is 20.3. The number of nitrogens with one attached hydrogen (secondary N) is 2. The molecule has 0 fully saturated rings. The second kappa shape index (κ2) is 9.64. The molecule has 152 valence electrons. The number of hydrogen-bond donors (Lipinski definition) is 3. The van der Waals surface area contributed by atoms with Crippen LogP contribution in [0.25, 0.3) is 11.0 Å². The minimum Gasteiger partial charge on any atom is -0.508 e. The zero-order valence-corrected chi connectivity index (χ0v) is 16.7. The quantitative estimate of drug-likeness (QED) is 0.326. The van der Waals surface area contributed by atoms with Gasteiger partial charge in [0.05, 0.1) is 13.1 Å². The molecular formula is C22H26N4O3. The lowest BCUT2D eigenvalue weighted by Crippen LogP contribution is -2.39. The summed E-state index contributed by atoms with van der Waals surface area (Å²) in [5.41, 5.74) is 1.37. The van der Waals surface area contributed by atoms with Gasteiger partial charge >= 0.3 is 0 Å². The lowest BCUT2D eigenvalue weighted by Gasteiger charge is -2.21. The monoisotopic (exact) mass is 394 g/mol. The van der Waals surface area contributed by atoms with Crippen molar-refractivity contribution in [3.8, 4) is 5.75 Å². The molecule has 3 rings (SSSR count). The third-order valence-electron chi connectivity index (χ3n) is 4.35. The number of amides is 1. The van der Waals surface area contributed by atoms with Crippen LogP contribution in [0.1, 0.15) is 23.0 Å². The van der Waals surface area contributed by atoms with Crippen molar-refractivity contribution in [3.05, 3.63) is 65.9 Å². The molecule has 2 aromatic carbocycles. The van der Waals surface area contributed by atoms with Gasteiger partial charge in [0.25, 0.3) is 5.91 Å².